The van der Waals surface area contributed by atoms with Crippen molar-refractivity contribution in [3.05, 3.63) is 47.2 Å². The van der Waals surface area contributed by atoms with Gasteiger partial charge in [0.15, 0.2) is 0 Å². The van der Waals surface area contributed by atoms with Crippen molar-refractivity contribution >= 4 is 5.82 Å². The quantitative estimate of drug-likeness (QED) is 0.861. The summed E-state index contributed by atoms with van der Waals surface area (Å²) in [6.07, 6.45) is 4.26. The first kappa shape index (κ1) is 13.7. The number of nitrogens with two attached hydrogens (primary N) is 1. The number of aryl methyl sites for hydroxylation is 1. The zero-order valence-corrected chi connectivity index (χ0v) is 11.9. The Labute approximate surface area is 115 Å². The Morgan fingerprint density at radius 3 is 2.37 bits per heavy atom. The molecular weight excluding hydrogens is 234 g/mol. The number of benzene rings is 1. The normalized spacial score (nSPS) is 10.8. The van der Waals surface area contributed by atoms with E-state index < -0.39 is 0 Å². The maximum Gasteiger partial charge on any atom is 0.125 e. The Morgan fingerprint density at radius 2 is 1.74 bits per heavy atom. The van der Waals surface area contributed by atoms with Gasteiger partial charge in [-0.2, -0.15) is 5.10 Å². The molecule has 0 unspecified atom stereocenters. The lowest BCUT2D eigenvalue weighted by atomic mass is 10.1. The molecule has 0 radical (unpaired) electrons. The first-order valence-corrected chi connectivity index (χ1v) is 7.14. The van der Waals surface area contributed by atoms with Crippen LogP contribution in [0.25, 0.3) is 0 Å². The largest absolute Gasteiger partial charge is 0.384 e. The Hall–Kier alpha value is -1.77. The van der Waals surface area contributed by atoms with Gasteiger partial charge in [0.2, 0.25) is 0 Å². The fourth-order valence-electron chi connectivity index (χ4n) is 2.40. The third-order valence-electron chi connectivity index (χ3n) is 3.34. The summed E-state index contributed by atoms with van der Waals surface area (Å²) in [6.45, 7) is 5.12. The van der Waals surface area contributed by atoms with E-state index in [1.54, 1.807) is 0 Å². The van der Waals surface area contributed by atoms with Crippen LogP contribution < -0.4 is 5.73 Å². The molecule has 2 aromatic rings. The second kappa shape index (κ2) is 6.41. The highest BCUT2D eigenvalue weighted by Crippen LogP contribution is 2.21. The maximum absolute atomic E-state index is 6.27. The lowest BCUT2D eigenvalue weighted by molar-refractivity contribution is 0.676. The van der Waals surface area contributed by atoms with Gasteiger partial charge in [0.25, 0.3) is 0 Å². The first-order chi connectivity index (χ1) is 9.26. The standard InChI is InChI=1S/C16H23N3/c1-3-8-14-15(9-4-2)18-19(16(14)17)12-13-10-6-5-7-11-13/h5-7,10-11H,3-4,8-9,12,17H2,1-2H3. The molecule has 1 aromatic heterocycles. The fourth-order valence-corrected chi connectivity index (χ4v) is 2.40. The van der Waals surface area contributed by atoms with Crippen LogP contribution >= 0.6 is 0 Å². The zero-order valence-electron chi connectivity index (χ0n) is 11.9. The number of hydrogen-bond acceptors (Lipinski definition) is 2. The molecule has 0 fully saturated rings. The Morgan fingerprint density at radius 1 is 1.05 bits per heavy atom. The smallest absolute Gasteiger partial charge is 0.125 e. The number of nitrogens with zero attached hydrogens (tertiary/aromatic N) is 2. The van der Waals surface area contributed by atoms with Crippen LogP contribution in [0.3, 0.4) is 0 Å². The molecule has 0 aliphatic heterocycles. The summed E-state index contributed by atoms with van der Waals surface area (Å²) in [6, 6.07) is 10.4. The van der Waals surface area contributed by atoms with Gasteiger partial charge in [-0.25, -0.2) is 4.68 Å². The van der Waals surface area contributed by atoms with Crippen LogP contribution in [0.15, 0.2) is 30.3 Å². The monoisotopic (exact) mass is 257 g/mol. The Balaban J connectivity index is 2.28. The molecule has 3 nitrogen and oxygen atoms in total. The molecule has 0 saturated carbocycles. The number of rotatable bonds is 6. The van der Waals surface area contributed by atoms with Crippen LogP contribution in [0.5, 0.6) is 0 Å². The van der Waals surface area contributed by atoms with Crippen molar-refractivity contribution in [2.24, 2.45) is 0 Å². The topological polar surface area (TPSA) is 43.8 Å². The molecule has 102 valence electrons. The van der Waals surface area contributed by atoms with E-state index in [4.69, 9.17) is 10.8 Å². The molecule has 0 bridgehead atoms. The fraction of sp³-hybridized carbons (Fsp3) is 0.438. The summed E-state index contributed by atoms with van der Waals surface area (Å²) in [5.74, 6) is 0.842. The molecule has 0 aliphatic rings. The van der Waals surface area contributed by atoms with E-state index in [0.29, 0.717) is 0 Å². The lowest BCUT2D eigenvalue weighted by Crippen LogP contribution is -2.06. The van der Waals surface area contributed by atoms with Gasteiger partial charge in [0.1, 0.15) is 5.82 Å². The van der Waals surface area contributed by atoms with Crippen molar-refractivity contribution in [2.45, 2.75) is 46.1 Å². The van der Waals surface area contributed by atoms with E-state index in [0.717, 1.165) is 38.0 Å². The molecule has 2 N–H and O–H groups in total. The summed E-state index contributed by atoms with van der Waals surface area (Å²) >= 11 is 0. The molecule has 1 aromatic carbocycles. The van der Waals surface area contributed by atoms with E-state index in [2.05, 4.69) is 38.1 Å². The summed E-state index contributed by atoms with van der Waals surface area (Å²) in [7, 11) is 0. The molecule has 3 heteroatoms. The van der Waals surface area contributed by atoms with Crippen LogP contribution in [0.4, 0.5) is 5.82 Å². The summed E-state index contributed by atoms with van der Waals surface area (Å²) in [5.41, 5.74) is 9.94. The van der Waals surface area contributed by atoms with Crippen LogP contribution in [0.1, 0.15) is 43.5 Å². The average Bonchev–Trinajstić information content (AvgIpc) is 2.70. The highest BCUT2D eigenvalue weighted by molar-refractivity contribution is 5.44. The molecular formula is C16H23N3. The Kier molecular flexibility index (Phi) is 4.61. The SMILES string of the molecule is CCCc1nn(Cc2ccccc2)c(N)c1CCC. The van der Waals surface area contributed by atoms with Crippen LogP contribution in [-0.2, 0) is 19.4 Å². The second-order valence-electron chi connectivity index (χ2n) is 4.95. The van der Waals surface area contributed by atoms with E-state index in [1.165, 1.54) is 16.8 Å². The third kappa shape index (κ3) is 3.16. The molecule has 19 heavy (non-hydrogen) atoms. The van der Waals surface area contributed by atoms with Gasteiger partial charge in [0.05, 0.1) is 12.2 Å². The molecule has 0 aliphatic carbocycles. The van der Waals surface area contributed by atoms with Crippen molar-refractivity contribution in [3.63, 3.8) is 0 Å². The van der Waals surface area contributed by atoms with E-state index in [9.17, 15) is 0 Å². The highest BCUT2D eigenvalue weighted by Gasteiger charge is 2.14. The average molecular weight is 257 g/mol. The lowest BCUT2D eigenvalue weighted by Gasteiger charge is -2.05. The zero-order chi connectivity index (χ0) is 13.7. The number of anilines is 1. The third-order valence-corrected chi connectivity index (χ3v) is 3.34. The van der Waals surface area contributed by atoms with Crippen molar-refractivity contribution in [2.75, 3.05) is 5.73 Å². The van der Waals surface area contributed by atoms with Crippen molar-refractivity contribution in [1.29, 1.82) is 0 Å². The Bertz CT molecular complexity index is 514. The first-order valence-electron chi connectivity index (χ1n) is 7.14. The van der Waals surface area contributed by atoms with Gasteiger partial charge in [-0.1, -0.05) is 57.0 Å². The summed E-state index contributed by atoms with van der Waals surface area (Å²) in [5, 5.41) is 4.71. The predicted molar refractivity (Wildman–Crippen MR) is 80.2 cm³/mol. The molecule has 1 heterocycles. The minimum Gasteiger partial charge on any atom is -0.384 e. The summed E-state index contributed by atoms with van der Waals surface area (Å²) in [4.78, 5) is 0. The van der Waals surface area contributed by atoms with Gasteiger partial charge in [0, 0.05) is 5.56 Å². The van der Waals surface area contributed by atoms with Gasteiger partial charge in [-0.15, -0.1) is 0 Å². The van der Waals surface area contributed by atoms with E-state index >= 15 is 0 Å². The number of hydrogen-bond donors (Lipinski definition) is 1. The number of aromatic nitrogens is 2. The second-order valence-corrected chi connectivity index (χ2v) is 4.95. The maximum atomic E-state index is 6.27. The van der Waals surface area contributed by atoms with Crippen molar-refractivity contribution in [3.8, 4) is 0 Å². The van der Waals surface area contributed by atoms with Crippen molar-refractivity contribution < 1.29 is 0 Å². The van der Waals surface area contributed by atoms with Crippen LogP contribution in [-0.4, -0.2) is 9.78 Å². The molecule has 0 atom stereocenters. The molecule has 0 saturated heterocycles. The molecule has 2 rings (SSSR count). The van der Waals surface area contributed by atoms with Crippen LogP contribution in [0, 0.1) is 0 Å². The van der Waals surface area contributed by atoms with Gasteiger partial charge < -0.3 is 5.73 Å². The minimum absolute atomic E-state index is 0.757. The van der Waals surface area contributed by atoms with Crippen LogP contribution in [0.2, 0.25) is 0 Å². The molecule has 0 amide bonds. The summed E-state index contributed by atoms with van der Waals surface area (Å²) < 4.78 is 1.95. The number of nitrogen functional groups attached to an aromatic ring is 1. The van der Waals surface area contributed by atoms with E-state index in [-0.39, 0.29) is 0 Å². The van der Waals surface area contributed by atoms with Gasteiger partial charge >= 0.3 is 0 Å². The molecule has 0 spiro atoms. The van der Waals surface area contributed by atoms with E-state index in [1.807, 2.05) is 10.7 Å². The van der Waals surface area contributed by atoms with Gasteiger partial charge in [-0.3, -0.25) is 0 Å². The highest BCUT2D eigenvalue weighted by atomic mass is 15.3. The predicted octanol–water partition coefficient (Wildman–Crippen LogP) is 3.42. The van der Waals surface area contributed by atoms with Crippen molar-refractivity contribution in [1.82, 2.24) is 9.78 Å². The van der Waals surface area contributed by atoms with Gasteiger partial charge in [-0.05, 0) is 18.4 Å². The minimum atomic E-state index is 0.757.